The van der Waals surface area contributed by atoms with Gasteiger partial charge in [-0.15, -0.1) is 0 Å². The summed E-state index contributed by atoms with van der Waals surface area (Å²) in [6.07, 6.45) is 4.96. The van der Waals surface area contributed by atoms with Gasteiger partial charge in [-0.25, -0.2) is 13.1 Å². The van der Waals surface area contributed by atoms with Crippen LogP contribution in [0.4, 0.5) is 5.69 Å². The third-order valence-electron chi connectivity index (χ3n) is 3.58. The third-order valence-corrected chi connectivity index (χ3v) is 5.70. The Hall–Kier alpha value is -0.780. The van der Waals surface area contributed by atoms with Gasteiger partial charge in [-0.1, -0.05) is 30.9 Å². The number of rotatable bonds is 3. The maximum absolute atomic E-state index is 12.4. The van der Waals surface area contributed by atoms with Crippen molar-refractivity contribution in [1.29, 1.82) is 0 Å². The second-order valence-corrected chi connectivity index (χ2v) is 7.47. The van der Waals surface area contributed by atoms with Gasteiger partial charge in [0.1, 0.15) is 4.90 Å². The highest BCUT2D eigenvalue weighted by Crippen LogP contribution is 2.31. The van der Waals surface area contributed by atoms with E-state index >= 15 is 0 Å². The Morgan fingerprint density at radius 3 is 2.53 bits per heavy atom. The van der Waals surface area contributed by atoms with Crippen molar-refractivity contribution >= 4 is 27.3 Å². The van der Waals surface area contributed by atoms with E-state index in [-0.39, 0.29) is 15.5 Å². The number of nitrogens with two attached hydrogens (primary N) is 1. The van der Waals surface area contributed by atoms with Gasteiger partial charge in [0.2, 0.25) is 10.0 Å². The monoisotopic (exact) mass is 302 g/mol. The van der Waals surface area contributed by atoms with E-state index in [1.807, 2.05) is 6.92 Å². The maximum atomic E-state index is 12.4. The summed E-state index contributed by atoms with van der Waals surface area (Å²) in [5.41, 5.74) is 5.64. The lowest BCUT2D eigenvalue weighted by atomic mass is 9.84. The van der Waals surface area contributed by atoms with Crippen LogP contribution in [0.2, 0.25) is 5.02 Å². The molecule has 0 aromatic heterocycles. The lowest BCUT2D eigenvalue weighted by Gasteiger charge is -2.34. The Morgan fingerprint density at radius 2 is 1.89 bits per heavy atom. The average molecular weight is 303 g/mol. The number of halogens is 1. The minimum Gasteiger partial charge on any atom is -0.399 e. The lowest BCUT2D eigenvalue weighted by Crippen LogP contribution is -2.47. The highest BCUT2D eigenvalue weighted by atomic mass is 35.5. The van der Waals surface area contributed by atoms with Crippen LogP contribution >= 0.6 is 11.6 Å². The molecule has 1 saturated carbocycles. The summed E-state index contributed by atoms with van der Waals surface area (Å²) in [6.45, 7) is 1.95. The van der Waals surface area contributed by atoms with Crippen LogP contribution in [-0.2, 0) is 10.0 Å². The molecule has 3 N–H and O–H groups in total. The van der Waals surface area contributed by atoms with Gasteiger partial charge < -0.3 is 5.73 Å². The van der Waals surface area contributed by atoms with E-state index in [0.717, 1.165) is 32.1 Å². The van der Waals surface area contributed by atoms with E-state index in [1.165, 1.54) is 12.1 Å². The smallest absolute Gasteiger partial charge is 0.242 e. The van der Waals surface area contributed by atoms with Gasteiger partial charge in [0.25, 0.3) is 0 Å². The molecule has 2 rings (SSSR count). The van der Waals surface area contributed by atoms with Crippen LogP contribution in [0.15, 0.2) is 23.1 Å². The van der Waals surface area contributed by atoms with Crippen LogP contribution in [0.25, 0.3) is 0 Å². The fourth-order valence-corrected chi connectivity index (χ4v) is 4.54. The number of hydrogen-bond donors (Lipinski definition) is 2. The molecule has 1 fully saturated rings. The predicted molar refractivity (Wildman–Crippen MR) is 77.7 cm³/mol. The first-order valence-electron chi connectivity index (χ1n) is 6.41. The number of nitrogen functional groups attached to an aromatic ring is 1. The molecule has 0 aliphatic heterocycles. The molecule has 1 aromatic rings. The Kier molecular flexibility index (Phi) is 4.08. The van der Waals surface area contributed by atoms with Crippen molar-refractivity contribution < 1.29 is 8.42 Å². The summed E-state index contributed by atoms with van der Waals surface area (Å²) < 4.78 is 27.6. The number of sulfonamides is 1. The zero-order valence-electron chi connectivity index (χ0n) is 10.9. The number of anilines is 1. The minimum atomic E-state index is -3.63. The summed E-state index contributed by atoms with van der Waals surface area (Å²) in [6, 6.07) is 4.50. The van der Waals surface area contributed by atoms with Gasteiger partial charge in [-0.2, -0.15) is 0 Å². The highest BCUT2D eigenvalue weighted by molar-refractivity contribution is 7.89. The molecule has 1 aliphatic rings. The fourth-order valence-electron chi connectivity index (χ4n) is 2.54. The second-order valence-electron chi connectivity index (χ2n) is 5.42. The Labute approximate surface area is 119 Å². The summed E-state index contributed by atoms with van der Waals surface area (Å²) in [7, 11) is -3.63. The number of hydrogen-bond acceptors (Lipinski definition) is 3. The molecule has 1 aliphatic carbocycles. The first-order valence-corrected chi connectivity index (χ1v) is 8.28. The fraction of sp³-hybridized carbons (Fsp3) is 0.538. The zero-order valence-corrected chi connectivity index (χ0v) is 12.5. The Morgan fingerprint density at radius 1 is 1.26 bits per heavy atom. The molecule has 106 valence electrons. The second kappa shape index (κ2) is 5.31. The molecular weight excluding hydrogens is 284 g/mol. The first kappa shape index (κ1) is 14.6. The zero-order chi connectivity index (χ0) is 14.1. The van der Waals surface area contributed by atoms with E-state index in [0.29, 0.717) is 5.69 Å². The van der Waals surface area contributed by atoms with Gasteiger partial charge >= 0.3 is 0 Å². The number of benzene rings is 1. The van der Waals surface area contributed by atoms with Gasteiger partial charge in [-0.05, 0) is 38.0 Å². The number of nitrogens with one attached hydrogen (secondary N) is 1. The maximum Gasteiger partial charge on any atom is 0.242 e. The molecule has 1 aromatic carbocycles. The van der Waals surface area contributed by atoms with Crippen molar-refractivity contribution in [3.05, 3.63) is 23.2 Å². The highest BCUT2D eigenvalue weighted by Gasteiger charge is 2.32. The molecule has 0 radical (unpaired) electrons. The Balaban J connectivity index is 2.29. The van der Waals surface area contributed by atoms with Crippen molar-refractivity contribution in [1.82, 2.24) is 4.72 Å². The largest absolute Gasteiger partial charge is 0.399 e. The van der Waals surface area contributed by atoms with Crippen molar-refractivity contribution in [3.8, 4) is 0 Å². The topological polar surface area (TPSA) is 72.2 Å². The minimum absolute atomic E-state index is 0.0564. The van der Waals surface area contributed by atoms with E-state index < -0.39 is 10.0 Å². The SMILES string of the molecule is CC1(NS(=O)(=O)c2cc(N)ccc2Cl)CCCCC1. The molecule has 0 heterocycles. The van der Waals surface area contributed by atoms with E-state index in [9.17, 15) is 8.42 Å². The van der Waals surface area contributed by atoms with E-state index in [1.54, 1.807) is 6.07 Å². The molecule has 0 saturated heterocycles. The van der Waals surface area contributed by atoms with Crippen LogP contribution in [0.1, 0.15) is 39.0 Å². The van der Waals surface area contributed by atoms with Crippen molar-refractivity contribution in [2.24, 2.45) is 0 Å². The van der Waals surface area contributed by atoms with Crippen molar-refractivity contribution in [3.63, 3.8) is 0 Å². The van der Waals surface area contributed by atoms with Crippen molar-refractivity contribution in [2.45, 2.75) is 49.5 Å². The molecule has 0 bridgehead atoms. The van der Waals surface area contributed by atoms with Crippen LogP contribution in [-0.4, -0.2) is 14.0 Å². The summed E-state index contributed by atoms with van der Waals surface area (Å²) in [5.74, 6) is 0. The summed E-state index contributed by atoms with van der Waals surface area (Å²) in [5, 5.41) is 0.195. The molecule has 0 amide bonds. The standard InChI is InChI=1S/C13H19ClN2O2S/c1-13(7-3-2-4-8-13)16-19(17,18)12-9-10(15)5-6-11(12)14/h5-6,9,16H,2-4,7-8,15H2,1H3. The predicted octanol–water partition coefficient (Wildman–Crippen LogP) is 2.92. The van der Waals surface area contributed by atoms with Crippen LogP contribution in [0.5, 0.6) is 0 Å². The third kappa shape index (κ3) is 3.41. The quantitative estimate of drug-likeness (QED) is 0.843. The molecular formula is C13H19ClN2O2S. The van der Waals surface area contributed by atoms with E-state index in [2.05, 4.69) is 4.72 Å². The molecule has 19 heavy (non-hydrogen) atoms. The van der Waals surface area contributed by atoms with Gasteiger partial charge in [-0.3, -0.25) is 0 Å². The molecule has 0 spiro atoms. The van der Waals surface area contributed by atoms with Crippen molar-refractivity contribution in [2.75, 3.05) is 5.73 Å². The van der Waals surface area contributed by atoms with Crippen LogP contribution in [0, 0.1) is 0 Å². The van der Waals surface area contributed by atoms with E-state index in [4.69, 9.17) is 17.3 Å². The molecule has 6 heteroatoms. The Bertz CT molecular complexity index is 566. The van der Waals surface area contributed by atoms with Gasteiger partial charge in [0, 0.05) is 11.2 Å². The first-order chi connectivity index (χ1) is 8.82. The lowest BCUT2D eigenvalue weighted by molar-refractivity contribution is 0.294. The van der Waals surface area contributed by atoms with Crippen LogP contribution in [0.3, 0.4) is 0 Å². The summed E-state index contributed by atoms with van der Waals surface area (Å²) >= 11 is 5.97. The molecule has 0 unspecified atom stereocenters. The average Bonchev–Trinajstić information content (AvgIpc) is 2.31. The normalized spacial score (nSPS) is 19.3. The summed E-state index contributed by atoms with van der Waals surface area (Å²) in [4.78, 5) is 0.0564. The van der Waals surface area contributed by atoms with Gasteiger partial charge in [0.05, 0.1) is 5.02 Å². The van der Waals surface area contributed by atoms with Gasteiger partial charge in [0.15, 0.2) is 0 Å². The molecule has 0 atom stereocenters. The van der Waals surface area contributed by atoms with Crippen LogP contribution < -0.4 is 10.5 Å². The molecule has 4 nitrogen and oxygen atoms in total.